The maximum Gasteiger partial charge on any atom is 0.133 e. The molecule has 0 radical (unpaired) electrons. The zero-order chi connectivity index (χ0) is 8.55. The third kappa shape index (κ3) is 1.40. The lowest BCUT2D eigenvalue weighted by Crippen LogP contribution is -2.52. The quantitative estimate of drug-likeness (QED) is 0.591. The summed E-state index contributed by atoms with van der Waals surface area (Å²) >= 11 is 0. The summed E-state index contributed by atoms with van der Waals surface area (Å²) in [7, 11) is 0. The number of Topliss-reactive ketones (excluding diaryl/α,β-unsaturated/α-hetero) is 1. The van der Waals surface area contributed by atoms with E-state index in [0.29, 0.717) is 5.78 Å². The van der Waals surface area contributed by atoms with Crippen molar-refractivity contribution in [2.75, 3.05) is 6.54 Å². The zero-order valence-electron chi connectivity index (χ0n) is 7.75. The molecule has 1 aliphatic carbocycles. The molecule has 2 fully saturated rings. The van der Waals surface area contributed by atoms with Crippen molar-refractivity contribution in [3.8, 4) is 0 Å². The van der Waals surface area contributed by atoms with Gasteiger partial charge in [0.25, 0.3) is 0 Å². The number of carbonyl (C=O) groups is 1. The lowest BCUT2D eigenvalue weighted by Gasteiger charge is -2.45. The Bertz CT molecular complexity index is 180. The number of likely N-dealkylation sites (tertiary alicyclic amines) is 1. The normalized spacial score (nSPS) is 33.4. The molecule has 1 unspecified atom stereocenters. The summed E-state index contributed by atoms with van der Waals surface area (Å²) in [5.41, 5.74) is 0. The van der Waals surface area contributed by atoms with Gasteiger partial charge in [-0.25, -0.2) is 0 Å². The second-order valence-electron chi connectivity index (χ2n) is 4.15. The SMILES string of the molecule is CC1CCN1C1CCC(=O)CC1. The molecular formula is C10H17NO. The predicted octanol–water partition coefficient (Wildman–Crippen LogP) is 1.59. The first-order valence-electron chi connectivity index (χ1n) is 5.05. The average molecular weight is 167 g/mol. The fourth-order valence-electron chi connectivity index (χ4n) is 2.34. The lowest BCUT2D eigenvalue weighted by molar-refractivity contribution is -0.122. The van der Waals surface area contributed by atoms with E-state index in [4.69, 9.17) is 0 Å². The van der Waals surface area contributed by atoms with Crippen LogP contribution in [0.3, 0.4) is 0 Å². The molecule has 2 rings (SSSR count). The monoisotopic (exact) mass is 167 g/mol. The Balaban J connectivity index is 1.85. The van der Waals surface area contributed by atoms with E-state index in [0.717, 1.165) is 37.8 Å². The zero-order valence-corrected chi connectivity index (χ0v) is 7.75. The molecule has 0 aromatic heterocycles. The summed E-state index contributed by atoms with van der Waals surface area (Å²) in [6, 6.07) is 1.51. The van der Waals surface area contributed by atoms with E-state index in [9.17, 15) is 4.79 Å². The largest absolute Gasteiger partial charge is 0.300 e. The molecule has 1 saturated carbocycles. The molecule has 68 valence electrons. The van der Waals surface area contributed by atoms with Crippen LogP contribution < -0.4 is 0 Å². The molecule has 0 amide bonds. The predicted molar refractivity (Wildman–Crippen MR) is 48.0 cm³/mol. The first-order chi connectivity index (χ1) is 5.77. The number of rotatable bonds is 1. The van der Waals surface area contributed by atoms with Crippen LogP contribution in [0.15, 0.2) is 0 Å². The average Bonchev–Trinajstić information content (AvgIpc) is 2.06. The summed E-state index contributed by atoms with van der Waals surface area (Å²) in [5.74, 6) is 0.472. The minimum atomic E-state index is 0.472. The Morgan fingerprint density at radius 3 is 2.33 bits per heavy atom. The molecule has 2 nitrogen and oxygen atoms in total. The van der Waals surface area contributed by atoms with E-state index in [1.165, 1.54) is 13.0 Å². The second kappa shape index (κ2) is 3.17. The van der Waals surface area contributed by atoms with Gasteiger partial charge in [0.05, 0.1) is 0 Å². The summed E-state index contributed by atoms with van der Waals surface area (Å²) in [6.07, 6.45) is 5.23. The molecule has 12 heavy (non-hydrogen) atoms. The molecule has 0 spiro atoms. The van der Waals surface area contributed by atoms with Gasteiger partial charge in [-0.15, -0.1) is 0 Å². The highest BCUT2D eigenvalue weighted by Gasteiger charge is 2.32. The number of hydrogen-bond acceptors (Lipinski definition) is 2. The molecule has 0 N–H and O–H groups in total. The molecule has 0 aromatic rings. The van der Waals surface area contributed by atoms with Gasteiger partial charge < -0.3 is 0 Å². The molecule has 1 saturated heterocycles. The molecule has 2 aliphatic rings. The van der Waals surface area contributed by atoms with E-state index >= 15 is 0 Å². The highest BCUT2D eigenvalue weighted by molar-refractivity contribution is 5.79. The van der Waals surface area contributed by atoms with E-state index < -0.39 is 0 Å². The van der Waals surface area contributed by atoms with Crippen molar-refractivity contribution >= 4 is 5.78 Å². The molecule has 1 atom stereocenters. The molecular weight excluding hydrogens is 150 g/mol. The smallest absolute Gasteiger partial charge is 0.133 e. The van der Waals surface area contributed by atoms with Crippen LogP contribution in [0.5, 0.6) is 0 Å². The Morgan fingerprint density at radius 1 is 1.25 bits per heavy atom. The van der Waals surface area contributed by atoms with Crippen molar-refractivity contribution in [2.45, 2.75) is 51.1 Å². The standard InChI is InChI=1S/C10H17NO/c1-8-6-7-11(8)9-2-4-10(12)5-3-9/h8-9H,2-7H2,1H3. The van der Waals surface area contributed by atoms with Gasteiger partial charge in [0.1, 0.15) is 5.78 Å². The second-order valence-corrected chi connectivity index (χ2v) is 4.15. The topological polar surface area (TPSA) is 20.3 Å². The Labute approximate surface area is 73.9 Å². The number of ketones is 1. The van der Waals surface area contributed by atoms with Crippen LogP contribution >= 0.6 is 0 Å². The summed E-state index contributed by atoms with van der Waals surface area (Å²) < 4.78 is 0. The van der Waals surface area contributed by atoms with Crippen molar-refractivity contribution in [1.29, 1.82) is 0 Å². The van der Waals surface area contributed by atoms with Gasteiger partial charge in [-0.3, -0.25) is 9.69 Å². The van der Waals surface area contributed by atoms with Crippen molar-refractivity contribution < 1.29 is 4.79 Å². The van der Waals surface area contributed by atoms with E-state index in [2.05, 4.69) is 11.8 Å². The molecule has 0 bridgehead atoms. The Morgan fingerprint density at radius 2 is 1.92 bits per heavy atom. The van der Waals surface area contributed by atoms with Crippen molar-refractivity contribution in [1.82, 2.24) is 4.90 Å². The molecule has 2 heteroatoms. The Kier molecular flexibility index (Phi) is 2.18. The van der Waals surface area contributed by atoms with Gasteiger partial charge >= 0.3 is 0 Å². The van der Waals surface area contributed by atoms with E-state index in [1.54, 1.807) is 0 Å². The first-order valence-corrected chi connectivity index (χ1v) is 5.05. The first kappa shape index (κ1) is 8.24. The molecule has 1 aliphatic heterocycles. The number of nitrogens with zero attached hydrogens (tertiary/aromatic N) is 1. The van der Waals surface area contributed by atoms with Crippen molar-refractivity contribution in [3.05, 3.63) is 0 Å². The van der Waals surface area contributed by atoms with Crippen molar-refractivity contribution in [3.63, 3.8) is 0 Å². The Hall–Kier alpha value is -0.370. The lowest BCUT2D eigenvalue weighted by atomic mass is 9.89. The third-order valence-electron chi connectivity index (χ3n) is 3.35. The van der Waals surface area contributed by atoms with Gasteiger partial charge in [-0.05, 0) is 26.2 Å². The van der Waals surface area contributed by atoms with Gasteiger partial charge in [0.15, 0.2) is 0 Å². The van der Waals surface area contributed by atoms with Gasteiger partial charge in [0.2, 0.25) is 0 Å². The van der Waals surface area contributed by atoms with Crippen LogP contribution in [0.4, 0.5) is 0 Å². The van der Waals surface area contributed by atoms with Gasteiger partial charge in [-0.1, -0.05) is 0 Å². The van der Waals surface area contributed by atoms with Gasteiger partial charge in [-0.2, -0.15) is 0 Å². The van der Waals surface area contributed by atoms with Crippen LogP contribution in [0.25, 0.3) is 0 Å². The summed E-state index contributed by atoms with van der Waals surface area (Å²) in [6.45, 7) is 3.56. The summed E-state index contributed by atoms with van der Waals surface area (Å²) in [4.78, 5) is 13.6. The van der Waals surface area contributed by atoms with Crippen LogP contribution in [-0.2, 0) is 4.79 Å². The number of carbonyl (C=O) groups excluding carboxylic acids is 1. The maximum absolute atomic E-state index is 11.0. The van der Waals surface area contributed by atoms with Crippen LogP contribution in [0.1, 0.15) is 39.0 Å². The minimum absolute atomic E-state index is 0.472. The fraction of sp³-hybridized carbons (Fsp3) is 0.900. The van der Waals surface area contributed by atoms with E-state index in [1.807, 2.05) is 0 Å². The summed E-state index contributed by atoms with van der Waals surface area (Å²) in [5, 5.41) is 0. The van der Waals surface area contributed by atoms with Crippen molar-refractivity contribution in [2.24, 2.45) is 0 Å². The molecule has 0 aromatic carbocycles. The fourth-order valence-corrected chi connectivity index (χ4v) is 2.34. The minimum Gasteiger partial charge on any atom is -0.300 e. The third-order valence-corrected chi connectivity index (χ3v) is 3.35. The van der Waals surface area contributed by atoms with Crippen LogP contribution in [0.2, 0.25) is 0 Å². The number of hydrogen-bond donors (Lipinski definition) is 0. The maximum atomic E-state index is 11.0. The molecule has 1 heterocycles. The highest BCUT2D eigenvalue weighted by atomic mass is 16.1. The van der Waals surface area contributed by atoms with Crippen LogP contribution in [-0.4, -0.2) is 29.3 Å². The van der Waals surface area contributed by atoms with Gasteiger partial charge in [0, 0.05) is 31.5 Å². The highest BCUT2D eigenvalue weighted by Crippen LogP contribution is 2.28. The van der Waals surface area contributed by atoms with E-state index in [-0.39, 0.29) is 0 Å². The van der Waals surface area contributed by atoms with Crippen LogP contribution in [0, 0.1) is 0 Å².